The van der Waals surface area contributed by atoms with E-state index < -0.39 is 21.5 Å². The minimum absolute atomic E-state index is 0.182. The van der Waals surface area contributed by atoms with Gasteiger partial charge in [0.25, 0.3) is 0 Å². The first-order valence-electron chi connectivity index (χ1n) is 6.79. The molecule has 1 aromatic heterocycles. The highest BCUT2D eigenvalue weighted by Crippen LogP contribution is 2.41. The highest BCUT2D eigenvalue weighted by molar-refractivity contribution is 7.89. The Morgan fingerprint density at radius 2 is 2.14 bits per heavy atom. The molecule has 0 radical (unpaired) electrons. The number of aromatic nitrogens is 1. The van der Waals surface area contributed by atoms with Gasteiger partial charge in [-0.3, -0.25) is 0 Å². The van der Waals surface area contributed by atoms with Gasteiger partial charge in [-0.15, -0.1) is 0 Å². The van der Waals surface area contributed by atoms with Crippen LogP contribution in [0.5, 0.6) is 0 Å². The van der Waals surface area contributed by atoms with E-state index >= 15 is 0 Å². The van der Waals surface area contributed by atoms with E-state index in [4.69, 9.17) is 5.73 Å². The monoisotopic (exact) mass is 309 g/mol. The zero-order valence-corrected chi connectivity index (χ0v) is 12.7. The summed E-state index contributed by atoms with van der Waals surface area (Å²) in [5.41, 5.74) is 6.50. The SMILES string of the molecule is CC1(C)C(O)CC1NS(=O)(=O)c1c[nH]c2ccc(N)cc12. The lowest BCUT2D eigenvalue weighted by molar-refractivity contribution is -0.0645. The maximum absolute atomic E-state index is 12.6. The van der Waals surface area contributed by atoms with Gasteiger partial charge in [-0.25, -0.2) is 13.1 Å². The molecule has 6 nitrogen and oxygen atoms in total. The van der Waals surface area contributed by atoms with Crippen molar-refractivity contribution < 1.29 is 13.5 Å². The number of aromatic amines is 1. The number of nitrogens with two attached hydrogens (primary N) is 1. The number of sulfonamides is 1. The summed E-state index contributed by atoms with van der Waals surface area (Å²) >= 11 is 0. The number of rotatable bonds is 3. The Hall–Kier alpha value is -1.57. The fraction of sp³-hybridized carbons (Fsp3) is 0.429. The smallest absolute Gasteiger partial charge is 0.242 e. The molecule has 1 aromatic carbocycles. The van der Waals surface area contributed by atoms with Crippen LogP contribution in [0.4, 0.5) is 5.69 Å². The second-order valence-electron chi connectivity index (χ2n) is 6.20. The summed E-state index contributed by atoms with van der Waals surface area (Å²) in [6.07, 6.45) is 1.41. The third kappa shape index (κ3) is 2.21. The molecule has 7 heteroatoms. The van der Waals surface area contributed by atoms with E-state index in [-0.39, 0.29) is 10.9 Å². The van der Waals surface area contributed by atoms with Gasteiger partial charge in [0.2, 0.25) is 10.0 Å². The summed E-state index contributed by atoms with van der Waals surface area (Å²) in [7, 11) is -3.66. The van der Waals surface area contributed by atoms with Crippen LogP contribution >= 0.6 is 0 Å². The van der Waals surface area contributed by atoms with Gasteiger partial charge in [0, 0.05) is 34.2 Å². The van der Waals surface area contributed by atoms with E-state index in [0.29, 0.717) is 17.5 Å². The number of aliphatic hydroxyl groups excluding tert-OH is 1. The first kappa shape index (κ1) is 14.4. The van der Waals surface area contributed by atoms with E-state index in [1.807, 2.05) is 13.8 Å². The molecule has 21 heavy (non-hydrogen) atoms. The van der Waals surface area contributed by atoms with Crippen LogP contribution in [0, 0.1) is 5.41 Å². The fourth-order valence-electron chi connectivity index (χ4n) is 2.69. The topological polar surface area (TPSA) is 108 Å². The predicted molar refractivity (Wildman–Crippen MR) is 81.2 cm³/mol. The Balaban J connectivity index is 1.96. The minimum atomic E-state index is -3.66. The number of H-pyrrole nitrogens is 1. The van der Waals surface area contributed by atoms with Gasteiger partial charge >= 0.3 is 0 Å². The molecule has 2 aromatic rings. The normalized spacial score (nSPS) is 24.9. The van der Waals surface area contributed by atoms with E-state index in [2.05, 4.69) is 9.71 Å². The highest BCUT2D eigenvalue weighted by atomic mass is 32.2. The van der Waals surface area contributed by atoms with Crippen LogP contribution < -0.4 is 10.5 Å². The first-order chi connectivity index (χ1) is 9.72. The van der Waals surface area contributed by atoms with Crippen molar-refractivity contribution in [2.45, 2.75) is 37.3 Å². The van der Waals surface area contributed by atoms with Crippen LogP contribution in [0.15, 0.2) is 29.3 Å². The summed E-state index contributed by atoms with van der Waals surface area (Å²) in [5.74, 6) is 0. The van der Waals surface area contributed by atoms with Crippen molar-refractivity contribution in [3.05, 3.63) is 24.4 Å². The molecular weight excluding hydrogens is 290 g/mol. The van der Waals surface area contributed by atoms with Crippen molar-refractivity contribution in [3.63, 3.8) is 0 Å². The molecule has 1 saturated carbocycles. The summed E-state index contributed by atoms with van der Waals surface area (Å²) in [5, 5.41) is 10.3. The second kappa shape index (κ2) is 4.46. The molecule has 0 amide bonds. The van der Waals surface area contributed by atoms with E-state index in [1.165, 1.54) is 6.20 Å². The van der Waals surface area contributed by atoms with Crippen molar-refractivity contribution in [1.29, 1.82) is 0 Å². The van der Waals surface area contributed by atoms with Gasteiger partial charge in [0.15, 0.2) is 0 Å². The predicted octanol–water partition coefficient (Wildman–Crippen LogP) is 1.19. The van der Waals surface area contributed by atoms with Crippen LogP contribution in [0.3, 0.4) is 0 Å². The van der Waals surface area contributed by atoms with E-state index in [9.17, 15) is 13.5 Å². The Morgan fingerprint density at radius 1 is 1.43 bits per heavy atom. The number of nitrogens with one attached hydrogen (secondary N) is 2. The Bertz CT molecular complexity index is 795. The van der Waals surface area contributed by atoms with E-state index in [0.717, 1.165) is 5.52 Å². The molecule has 1 fully saturated rings. The van der Waals surface area contributed by atoms with Gasteiger partial charge in [0.05, 0.1) is 6.10 Å². The molecular formula is C14H19N3O3S. The molecule has 3 rings (SSSR count). The quantitative estimate of drug-likeness (QED) is 0.639. The molecule has 114 valence electrons. The number of fused-ring (bicyclic) bond motifs is 1. The number of benzene rings is 1. The Morgan fingerprint density at radius 3 is 2.76 bits per heavy atom. The van der Waals surface area contributed by atoms with Gasteiger partial charge in [-0.1, -0.05) is 13.8 Å². The number of hydrogen-bond donors (Lipinski definition) is 4. The van der Waals surface area contributed by atoms with Crippen molar-refractivity contribution in [2.24, 2.45) is 5.41 Å². The lowest BCUT2D eigenvalue weighted by Gasteiger charge is -2.49. The number of hydrogen-bond acceptors (Lipinski definition) is 4. The van der Waals surface area contributed by atoms with E-state index in [1.54, 1.807) is 18.2 Å². The van der Waals surface area contributed by atoms with Gasteiger partial charge < -0.3 is 15.8 Å². The molecule has 2 unspecified atom stereocenters. The van der Waals surface area contributed by atoms with Gasteiger partial charge in [-0.05, 0) is 24.6 Å². The third-order valence-corrected chi connectivity index (χ3v) is 5.98. The molecule has 1 aliphatic carbocycles. The van der Waals surface area contributed by atoms with Crippen LogP contribution in [0.25, 0.3) is 10.9 Å². The largest absolute Gasteiger partial charge is 0.399 e. The summed E-state index contributed by atoms with van der Waals surface area (Å²) in [6, 6.07) is 4.83. The number of nitrogen functional groups attached to an aromatic ring is 1. The first-order valence-corrected chi connectivity index (χ1v) is 8.27. The van der Waals surface area contributed by atoms with Crippen LogP contribution in [-0.2, 0) is 10.0 Å². The maximum Gasteiger partial charge on any atom is 0.242 e. The molecule has 2 atom stereocenters. The average Bonchev–Trinajstić information content (AvgIpc) is 2.82. The summed E-state index contributed by atoms with van der Waals surface area (Å²) in [4.78, 5) is 3.12. The van der Waals surface area contributed by atoms with Crippen molar-refractivity contribution >= 4 is 26.6 Å². The standard InChI is InChI=1S/C14H19N3O3S/c1-14(2)12(6-13(14)18)17-21(19,20)11-7-16-10-4-3-8(15)5-9(10)11/h3-5,7,12-13,16-18H,6,15H2,1-2H3. The number of anilines is 1. The van der Waals surface area contributed by atoms with Gasteiger partial charge in [-0.2, -0.15) is 0 Å². The molecule has 0 bridgehead atoms. The van der Waals surface area contributed by atoms with Crippen LogP contribution in [0.2, 0.25) is 0 Å². The molecule has 0 spiro atoms. The van der Waals surface area contributed by atoms with Gasteiger partial charge in [0.1, 0.15) is 4.90 Å². The zero-order chi connectivity index (χ0) is 15.4. The third-order valence-electron chi connectivity index (χ3n) is 4.47. The van der Waals surface area contributed by atoms with Crippen molar-refractivity contribution in [1.82, 2.24) is 9.71 Å². The number of aliphatic hydroxyl groups is 1. The molecule has 0 saturated heterocycles. The fourth-order valence-corrected chi connectivity index (χ4v) is 4.26. The van der Waals surface area contributed by atoms with Crippen LogP contribution in [0.1, 0.15) is 20.3 Å². The highest BCUT2D eigenvalue weighted by Gasteiger charge is 2.49. The summed E-state index contributed by atoms with van der Waals surface area (Å²) < 4.78 is 27.8. The lowest BCUT2D eigenvalue weighted by atomic mass is 9.65. The molecule has 1 heterocycles. The minimum Gasteiger partial charge on any atom is -0.399 e. The van der Waals surface area contributed by atoms with Crippen molar-refractivity contribution in [2.75, 3.05) is 5.73 Å². The molecule has 5 N–H and O–H groups in total. The average molecular weight is 309 g/mol. The van der Waals surface area contributed by atoms with Crippen LogP contribution in [-0.4, -0.2) is 30.7 Å². The molecule has 0 aliphatic heterocycles. The second-order valence-corrected chi connectivity index (χ2v) is 7.89. The van der Waals surface area contributed by atoms with Crippen molar-refractivity contribution in [3.8, 4) is 0 Å². The Labute approximate surface area is 123 Å². The maximum atomic E-state index is 12.6. The summed E-state index contributed by atoms with van der Waals surface area (Å²) in [6.45, 7) is 3.70. The molecule has 1 aliphatic rings. The lowest BCUT2D eigenvalue weighted by Crippen LogP contribution is -2.61. The Kier molecular flexibility index (Phi) is 3.05. The zero-order valence-electron chi connectivity index (χ0n) is 11.9.